The molecule has 1 aliphatic heterocycles. The van der Waals surface area contributed by atoms with Crippen LogP contribution in [0.5, 0.6) is 0 Å². The minimum atomic E-state index is -2.73. The number of hydrogen-bond donors (Lipinski definition) is 3. The summed E-state index contributed by atoms with van der Waals surface area (Å²) < 4.78 is 40.8. The van der Waals surface area contributed by atoms with Gasteiger partial charge in [-0.2, -0.15) is 0 Å². The lowest BCUT2D eigenvalue weighted by Gasteiger charge is -2.26. The number of nitrogens with one attached hydrogen (secondary N) is 1. The molecule has 3 rings (SSSR count). The number of aliphatic hydroxyl groups excluding tert-OH is 2. The molecule has 2 heterocycles. The van der Waals surface area contributed by atoms with Gasteiger partial charge in [0.2, 0.25) is 0 Å². The number of benzene rings is 1. The van der Waals surface area contributed by atoms with Gasteiger partial charge in [0.25, 0.3) is 5.56 Å². The third-order valence-electron chi connectivity index (χ3n) is 5.61. The summed E-state index contributed by atoms with van der Waals surface area (Å²) in [4.78, 5) is 39.7. The van der Waals surface area contributed by atoms with Crippen molar-refractivity contribution in [1.82, 2.24) is 9.55 Å². The number of esters is 1. The first-order valence-electron chi connectivity index (χ1n) is 11.5. The number of aromatic amines is 1. The van der Waals surface area contributed by atoms with Crippen LogP contribution in [0.15, 0.2) is 46.1 Å². The van der Waals surface area contributed by atoms with Crippen LogP contribution in [0.3, 0.4) is 0 Å². The molecule has 1 unspecified atom stereocenters. The van der Waals surface area contributed by atoms with Gasteiger partial charge < -0.3 is 29.2 Å². The lowest BCUT2D eigenvalue weighted by molar-refractivity contribution is -0.110. The van der Waals surface area contributed by atoms with E-state index in [1.807, 2.05) is 0 Å². The Labute approximate surface area is 212 Å². The van der Waals surface area contributed by atoms with Gasteiger partial charge in [0.15, 0.2) is 18.4 Å². The first kappa shape index (κ1) is 28.8. The molecule has 14 heteroatoms. The van der Waals surface area contributed by atoms with Crippen LogP contribution in [0.4, 0.5) is 0 Å². The smallest absolute Gasteiger partial charge is 0.453 e. The van der Waals surface area contributed by atoms with Gasteiger partial charge in [0, 0.05) is 18.9 Å². The minimum Gasteiger partial charge on any atom is -0.453 e. The Morgan fingerprint density at radius 1 is 1.19 bits per heavy atom. The highest BCUT2D eigenvalue weighted by Gasteiger charge is 2.56. The highest BCUT2D eigenvalue weighted by atomic mass is 31.1. The van der Waals surface area contributed by atoms with Crippen LogP contribution >= 0.6 is 8.03 Å². The van der Waals surface area contributed by atoms with E-state index >= 15 is 0 Å². The second-order valence-electron chi connectivity index (χ2n) is 8.14. The Morgan fingerprint density at radius 3 is 2.54 bits per heavy atom. The number of H-pyrrole nitrogens is 1. The standard InChI is InChI=1S/C23H29N2O11P/c1-4-34-37(31)22(29)15(26)16-17(36-21(28)14-8-6-5-7-9-14)18(33-11-10-32-3)20(35-16)25-12-13(2)19(27)24-23(25)30/h5-9,12,15-18,20,22,26,29H,4,10-11H2,1-3H3/p+1/t15-,16+,17+,18+,20+,22-/m0/s1. The van der Waals surface area contributed by atoms with E-state index < -0.39 is 61.7 Å². The molecule has 0 spiro atoms. The number of rotatable bonds is 12. The SMILES string of the molecule is CCO[P+](=O)[C@H](O)[C@@H](O)[C@H]1O[C@@H](n2cc(C)c(=O)[nH]c2=O)[C@H](OCCOC)[C@@H]1OC(=O)c1ccccc1. The van der Waals surface area contributed by atoms with Crippen molar-refractivity contribution in [2.24, 2.45) is 0 Å². The highest BCUT2D eigenvalue weighted by molar-refractivity contribution is 7.39. The molecule has 0 amide bonds. The van der Waals surface area contributed by atoms with Crippen LogP contribution in [0, 0.1) is 6.92 Å². The quantitative estimate of drug-likeness (QED) is 0.193. The van der Waals surface area contributed by atoms with E-state index in [-0.39, 0.29) is 30.9 Å². The van der Waals surface area contributed by atoms with Crippen LogP contribution in [0.2, 0.25) is 0 Å². The maximum atomic E-state index is 13.0. The average Bonchev–Trinajstić information content (AvgIpc) is 3.23. The molecule has 1 aromatic carbocycles. The monoisotopic (exact) mass is 541 g/mol. The van der Waals surface area contributed by atoms with Crippen LogP contribution in [-0.4, -0.2) is 82.9 Å². The number of methoxy groups -OCH3 is 1. The number of nitrogens with zero attached hydrogens (tertiary/aromatic N) is 1. The van der Waals surface area contributed by atoms with Gasteiger partial charge in [-0.05, 0) is 30.5 Å². The molecule has 1 saturated heterocycles. The molecule has 202 valence electrons. The Morgan fingerprint density at radius 2 is 1.89 bits per heavy atom. The van der Waals surface area contributed by atoms with Gasteiger partial charge in [-0.15, -0.1) is 4.52 Å². The molecular weight excluding hydrogens is 511 g/mol. The van der Waals surface area contributed by atoms with Crippen LogP contribution in [0.25, 0.3) is 0 Å². The van der Waals surface area contributed by atoms with Crippen molar-refractivity contribution in [1.29, 1.82) is 0 Å². The minimum absolute atomic E-state index is 0.00829. The molecule has 0 radical (unpaired) electrons. The molecule has 2 aromatic rings. The fourth-order valence-corrected chi connectivity index (χ4v) is 4.61. The summed E-state index contributed by atoms with van der Waals surface area (Å²) in [5.74, 6) is -2.70. The van der Waals surface area contributed by atoms with Crippen LogP contribution in [0.1, 0.15) is 29.1 Å². The maximum absolute atomic E-state index is 13.0. The molecule has 0 saturated carbocycles. The van der Waals surface area contributed by atoms with E-state index in [1.54, 1.807) is 25.1 Å². The number of aromatic nitrogens is 2. The fraction of sp³-hybridized carbons (Fsp3) is 0.522. The second-order valence-corrected chi connectivity index (χ2v) is 9.50. The molecule has 0 aliphatic carbocycles. The van der Waals surface area contributed by atoms with E-state index in [2.05, 4.69) is 4.98 Å². The van der Waals surface area contributed by atoms with Crippen molar-refractivity contribution >= 4 is 14.0 Å². The van der Waals surface area contributed by atoms with Crippen molar-refractivity contribution in [3.8, 4) is 0 Å². The zero-order valence-electron chi connectivity index (χ0n) is 20.5. The molecule has 1 aromatic heterocycles. The second kappa shape index (κ2) is 13.2. The zero-order chi connectivity index (χ0) is 27.1. The largest absolute Gasteiger partial charge is 0.543 e. The maximum Gasteiger partial charge on any atom is 0.543 e. The predicted molar refractivity (Wildman–Crippen MR) is 128 cm³/mol. The third-order valence-corrected chi connectivity index (χ3v) is 6.86. The summed E-state index contributed by atoms with van der Waals surface area (Å²) in [6.07, 6.45) is -6.04. The van der Waals surface area contributed by atoms with Crippen molar-refractivity contribution in [2.75, 3.05) is 26.9 Å². The molecule has 0 bridgehead atoms. The van der Waals surface area contributed by atoms with Gasteiger partial charge in [-0.1, -0.05) is 18.2 Å². The Balaban J connectivity index is 2.05. The summed E-state index contributed by atoms with van der Waals surface area (Å²) in [7, 11) is -1.29. The molecule has 7 atom stereocenters. The molecule has 3 N–H and O–H groups in total. The van der Waals surface area contributed by atoms with E-state index in [0.29, 0.717) is 0 Å². The van der Waals surface area contributed by atoms with E-state index in [4.69, 9.17) is 23.5 Å². The van der Waals surface area contributed by atoms with Crippen LogP contribution < -0.4 is 11.2 Å². The average molecular weight is 541 g/mol. The molecular formula is C23H30N2O11P+. The number of ether oxygens (including phenoxy) is 4. The normalized spacial score (nSPS) is 23.4. The first-order valence-corrected chi connectivity index (χ1v) is 12.7. The van der Waals surface area contributed by atoms with Gasteiger partial charge in [0.1, 0.15) is 12.2 Å². The summed E-state index contributed by atoms with van der Waals surface area (Å²) in [5, 5.41) is 21.4. The molecule has 1 aliphatic rings. The Kier molecular flexibility index (Phi) is 10.2. The topological polar surface area (TPSA) is 176 Å². The number of hydrogen-bond acceptors (Lipinski definition) is 11. The van der Waals surface area contributed by atoms with Gasteiger partial charge in [-0.25, -0.2) is 9.59 Å². The number of aryl methyl sites for hydroxylation is 1. The van der Waals surface area contributed by atoms with Crippen LogP contribution in [-0.2, 0) is 28.0 Å². The van der Waals surface area contributed by atoms with Crippen molar-refractivity contribution < 1.29 is 43.0 Å². The van der Waals surface area contributed by atoms with E-state index in [0.717, 1.165) is 4.57 Å². The molecule has 1 fully saturated rings. The van der Waals surface area contributed by atoms with E-state index in [9.17, 15) is 29.2 Å². The molecule has 37 heavy (non-hydrogen) atoms. The molecule has 13 nitrogen and oxygen atoms in total. The first-order chi connectivity index (χ1) is 17.7. The fourth-order valence-electron chi connectivity index (χ4n) is 3.78. The highest BCUT2D eigenvalue weighted by Crippen LogP contribution is 2.39. The number of carbonyl (C=O) groups is 1. The summed E-state index contributed by atoms with van der Waals surface area (Å²) in [5.41, 5.74) is -1.08. The number of aliphatic hydroxyl groups is 2. The van der Waals surface area contributed by atoms with Gasteiger partial charge in [-0.3, -0.25) is 14.3 Å². The summed E-state index contributed by atoms with van der Waals surface area (Å²) >= 11 is 0. The lowest BCUT2D eigenvalue weighted by Crippen LogP contribution is -2.47. The lowest BCUT2D eigenvalue weighted by atomic mass is 10.0. The third kappa shape index (κ3) is 6.76. The Hall–Kier alpha value is -2.77. The van der Waals surface area contributed by atoms with Gasteiger partial charge >= 0.3 is 25.5 Å². The van der Waals surface area contributed by atoms with E-state index in [1.165, 1.54) is 32.4 Å². The van der Waals surface area contributed by atoms with Crippen molar-refractivity contribution in [2.45, 2.75) is 50.3 Å². The predicted octanol–water partition coefficient (Wildman–Crippen LogP) is 0.458. The van der Waals surface area contributed by atoms with Gasteiger partial charge in [0.05, 0.1) is 25.4 Å². The summed E-state index contributed by atoms with van der Waals surface area (Å²) in [6.45, 7) is 3.16. The summed E-state index contributed by atoms with van der Waals surface area (Å²) in [6, 6.07) is 7.99. The zero-order valence-corrected chi connectivity index (χ0v) is 21.4. The number of carbonyl (C=O) groups excluding carboxylic acids is 1. The van der Waals surface area contributed by atoms with Crippen molar-refractivity contribution in [3.63, 3.8) is 0 Å². The van der Waals surface area contributed by atoms with Crippen molar-refractivity contribution in [3.05, 3.63) is 68.5 Å². The Bertz CT molecular complexity index is 1190.